The number of morpholine rings is 1. The molecule has 7 heteroatoms. The first-order valence-electron chi connectivity index (χ1n) is 10.4. The van der Waals surface area contributed by atoms with Crippen LogP contribution in [0.15, 0.2) is 72.0 Å². The first kappa shape index (κ1) is 19.3. The van der Waals surface area contributed by atoms with Gasteiger partial charge in [0.2, 0.25) is 0 Å². The number of imidazole rings is 1. The van der Waals surface area contributed by atoms with Gasteiger partial charge < -0.3 is 9.64 Å². The van der Waals surface area contributed by atoms with Gasteiger partial charge in [-0.1, -0.05) is 60.2 Å². The first-order valence-corrected chi connectivity index (χ1v) is 10.4. The Bertz CT molecular complexity index is 1210. The fourth-order valence-electron chi connectivity index (χ4n) is 3.72. The molecule has 0 atom stereocenters. The maximum absolute atomic E-state index is 5.51. The topological polar surface area (TPSA) is 67.0 Å². The predicted octanol–water partition coefficient (Wildman–Crippen LogP) is 3.99. The minimum atomic E-state index is 0.698. The number of fused-ring (bicyclic) bond motifs is 1. The van der Waals surface area contributed by atoms with Crippen LogP contribution in [0, 0.1) is 6.92 Å². The van der Waals surface area contributed by atoms with Crippen LogP contribution in [0.1, 0.15) is 11.1 Å². The van der Waals surface area contributed by atoms with Crippen LogP contribution >= 0.6 is 0 Å². The molecule has 0 bridgehead atoms. The summed E-state index contributed by atoms with van der Waals surface area (Å²) in [6, 6.07) is 20.4. The van der Waals surface area contributed by atoms with Crippen molar-refractivity contribution in [2.45, 2.75) is 6.92 Å². The van der Waals surface area contributed by atoms with Gasteiger partial charge in [-0.25, -0.2) is 9.50 Å². The van der Waals surface area contributed by atoms with Crippen LogP contribution in [0.25, 0.3) is 16.9 Å². The number of hydrazone groups is 1. The van der Waals surface area contributed by atoms with Crippen molar-refractivity contribution in [3.63, 3.8) is 0 Å². The number of anilines is 2. The summed E-state index contributed by atoms with van der Waals surface area (Å²) in [6.07, 6.45) is 3.68. The smallest absolute Gasteiger partial charge is 0.179 e. The Morgan fingerprint density at radius 2 is 1.87 bits per heavy atom. The normalized spacial score (nSPS) is 14.4. The first-order chi connectivity index (χ1) is 15.3. The van der Waals surface area contributed by atoms with Crippen LogP contribution in [0.4, 0.5) is 11.5 Å². The van der Waals surface area contributed by atoms with E-state index in [-0.39, 0.29) is 0 Å². The van der Waals surface area contributed by atoms with Crippen molar-refractivity contribution in [3.8, 4) is 11.3 Å². The van der Waals surface area contributed by atoms with Crippen LogP contribution in [-0.2, 0) is 4.74 Å². The molecule has 0 saturated carbocycles. The summed E-state index contributed by atoms with van der Waals surface area (Å²) in [7, 11) is 0. The molecule has 3 heterocycles. The van der Waals surface area contributed by atoms with Gasteiger partial charge in [-0.15, -0.1) is 5.10 Å². The minimum absolute atomic E-state index is 0.698. The fourth-order valence-corrected chi connectivity index (χ4v) is 3.72. The standard InChI is InChI=1S/C24H24N6O/c1-18-6-5-7-19(14-18)16-26-27-21-15-23(29-10-12-31-13-11-29)28-30-22(17-25-24(21)30)20-8-3-2-4-9-20/h2-9,14-17,27H,10-13H2,1H3/b26-16+. The molecule has 0 spiro atoms. The van der Waals surface area contributed by atoms with Crippen molar-refractivity contribution in [2.75, 3.05) is 36.6 Å². The Morgan fingerprint density at radius 1 is 1.03 bits per heavy atom. The molecule has 2 aromatic heterocycles. The quantitative estimate of drug-likeness (QED) is 0.397. The average molecular weight is 412 g/mol. The summed E-state index contributed by atoms with van der Waals surface area (Å²) in [5.74, 6) is 0.874. The van der Waals surface area contributed by atoms with E-state index < -0.39 is 0 Å². The molecule has 1 fully saturated rings. The lowest BCUT2D eigenvalue weighted by Crippen LogP contribution is -2.37. The number of hydrogen-bond donors (Lipinski definition) is 1. The monoisotopic (exact) mass is 412 g/mol. The zero-order valence-corrected chi connectivity index (χ0v) is 17.4. The van der Waals surface area contributed by atoms with Crippen LogP contribution < -0.4 is 10.3 Å². The van der Waals surface area contributed by atoms with E-state index in [4.69, 9.17) is 9.84 Å². The van der Waals surface area contributed by atoms with Crippen molar-refractivity contribution in [1.82, 2.24) is 14.6 Å². The van der Waals surface area contributed by atoms with E-state index in [1.165, 1.54) is 5.56 Å². The highest BCUT2D eigenvalue weighted by Gasteiger charge is 2.18. The third-order valence-corrected chi connectivity index (χ3v) is 5.30. The molecule has 7 nitrogen and oxygen atoms in total. The third-order valence-electron chi connectivity index (χ3n) is 5.30. The molecular formula is C24H24N6O. The molecule has 1 aliphatic rings. The molecule has 31 heavy (non-hydrogen) atoms. The lowest BCUT2D eigenvalue weighted by atomic mass is 10.2. The highest BCUT2D eigenvalue weighted by atomic mass is 16.5. The van der Waals surface area contributed by atoms with Crippen molar-refractivity contribution >= 4 is 23.4 Å². The summed E-state index contributed by atoms with van der Waals surface area (Å²) in [5, 5.41) is 9.38. The van der Waals surface area contributed by atoms with Gasteiger partial charge in [0.15, 0.2) is 11.5 Å². The molecule has 1 N–H and O–H groups in total. The van der Waals surface area contributed by atoms with E-state index in [1.807, 2.05) is 53.3 Å². The lowest BCUT2D eigenvalue weighted by Gasteiger charge is -2.28. The van der Waals surface area contributed by atoms with Crippen molar-refractivity contribution in [2.24, 2.45) is 5.10 Å². The number of nitrogens with zero attached hydrogens (tertiary/aromatic N) is 5. The van der Waals surface area contributed by atoms with Crippen LogP contribution in [0.2, 0.25) is 0 Å². The second-order valence-corrected chi connectivity index (χ2v) is 7.54. The maximum atomic E-state index is 5.51. The van der Waals surface area contributed by atoms with Gasteiger partial charge in [-0.2, -0.15) is 5.10 Å². The number of hydrogen-bond acceptors (Lipinski definition) is 6. The number of rotatable bonds is 5. The minimum Gasteiger partial charge on any atom is -0.378 e. The van der Waals surface area contributed by atoms with Crippen molar-refractivity contribution in [3.05, 3.63) is 78.0 Å². The van der Waals surface area contributed by atoms with Gasteiger partial charge in [0.25, 0.3) is 0 Å². The Hall–Kier alpha value is -3.71. The molecule has 1 aliphatic heterocycles. The second kappa shape index (κ2) is 8.57. The molecule has 0 aliphatic carbocycles. The Labute approximate surface area is 181 Å². The van der Waals surface area contributed by atoms with Gasteiger partial charge >= 0.3 is 0 Å². The van der Waals surface area contributed by atoms with Gasteiger partial charge in [-0.3, -0.25) is 5.43 Å². The lowest BCUT2D eigenvalue weighted by molar-refractivity contribution is 0.122. The predicted molar refractivity (Wildman–Crippen MR) is 124 cm³/mol. The Kier molecular flexibility index (Phi) is 5.33. The van der Waals surface area contributed by atoms with Gasteiger partial charge in [-0.05, 0) is 12.5 Å². The van der Waals surface area contributed by atoms with E-state index in [0.29, 0.717) is 13.2 Å². The van der Waals surface area contributed by atoms with Gasteiger partial charge in [0, 0.05) is 24.7 Å². The molecule has 0 amide bonds. The van der Waals surface area contributed by atoms with Gasteiger partial charge in [0.05, 0.1) is 31.3 Å². The van der Waals surface area contributed by atoms with Crippen LogP contribution in [-0.4, -0.2) is 47.1 Å². The molecule has 156 valence electrons. The number of aromatic nitrogens is 3. The number of ether oxygens (including phenoxy) is 1. The van der Waals surface area contributed by atoms with Gasteiger partial charge in [0.1, 0.15) is 5.69 Å². The van der Waals surface area contributed by atoms with Crippen LogP contribution in [0.3, 0.4) is 0 Å². The third kappa shape index (κ3) is 4.13. The molecular weight excluding hydrogens is 388 g/mol. The number of aryl methyl sites for hydroxylation is 1. The average Bonchev–Trinajstić information content (AvgIpc) is 3.24. The largest absolute Gasteiger partial charge is 0.378 e. The number of benzene rings is 2. The molecule has 4 aromatic rings. The number of nitrogens with one attached hydrogen (secondary N) is 1. The van der Waals surface area contributed by atoms with E-state index >= 15 is 0 Å². The van der Waals surface area contributed by atoms with E-state index in [2.05, 4.69) is 51.6 Å². The Morgan fingerprint density at radius 3 is 2.68 bits per heavy atom. The van der Waals surface area contributed by atoms with E-state index in [0.717, 1.165) is 47.1 Å². The van der Waals surface area contributed by atoms with Crippen LogP contribution in [0.5, 0.6) is 0 Å². The summed E-state index contributed by atoms with van der Waals surface area (Å²) in [6.45, 7) is 5.08. The second-order valence-electron chi connectivity index (χ2n) is 7.54. The molecule has 2 aromatic carbocycles. The molecule has 1 saturated heterocycles. The van der Waals surface area contributed by atoms with Crippen molar-refractivity contribution in [1.29, 1.82) is 0 Å². The zero-order valence-electron chi connectivity index (χ0n) is 17.4. The molecule has 0 unspecified atom stereocenters. The molecule has 5 rings (SSSR count). The molecule has 0 radical (unpaired) electrons. The Balaban J connectivity index is 1.54. The summed E-state index contributed by atoms with van der Waals surface area (Å²) >= 11 is 0. The summed E-state index contributed by atoms with van der Waals surface area (Å²) in [4.78, 5) is 6.87. The van der Waals surface area contributed by atoms with E-state index in [9.17, 15) is 0 Å². The highest BCUT2D eigenvalue weighted by molar-refractivity contribution is 5.82. The zero-order chi connectivity index (χ0) is 21.0. The summed E-state index contributed by atoms with van der Waals surface area (Å²) < 4.78 is 7.41. The fraction of sp³-hybridized carbons (Fsp3) is 0.208. The summed E-state index contributed by atoms with van der Waals surface area (Å²) in [5.41, 5.74) is 8.98. The van der Waals surface area contributed by atoms with E-state index in [1.54, 1.807) is 0 Å². The van der Waals surface area contributed by atoms with Crippen molar-refractivity contribution < 1.29 is 4.74 Å². The maximum Gasteiger partial charge on any atom is 0.179 e. The highest BCUT2D eigenvalue weighted by Crippen LogP contribution is 2.27. The SMILES string of the molecule is Cc1cccc(/C=N/Nc2cc(N3CCOCC3)nn3c(-c4ccccc4)cnc23)c1.